The molecule has 0 N–H and O–H groups in total. The predicted molar refractivity (Wildman–Crippen MR) is 95.8 cm³/mol. The van der Waals surface area contributed by atoms with Crippen molar-refractivity contribution < 1.29 is 30.0 Å². The summed E-state index contributed by atoms with van der Waals surface area (Å²) in [6.07, 6.45) is 1.10. The fourth-order valence-corrected chi connectivity index (χ4v) is 8.15. The van der Waals surface area contributed by atoms with E-state index in [9.17, 15) is 26.4 Å². The van der Waals surface area contributed by atoms with Crippen molar-refractivity contribution in [1.82, 2.24) is 0 Å². The number of hydrogen-bond acceptors (Lipinski definition) is 4. The zero-order chi connectivity index (χ0) is 19.0. The fraction of sp³-hybridized carbons (Fsp3) is 0.353. The Balaban J connectivity index is 1.86. The van der Waals surface area contributed by atoms with Crippen LogP contribution in [0.4, 0.5) is 13.2 Å². The average molecular weight is 406 g/mol. The molecule has 4 nitrogen and oxygen atoms in total. The number of halogens is 3. The van der Waals surface area contributed by atoms with Crippen molar-refractivity contribution >= 4 is 37.0 Å². The lowest BCUT2D eigenvalue weighted by molar-refractivity contribution is -0.0496. The summed E-state index contributed by atoms with van der Waals surface area (Å²) in [6.45, 7) is 0. The summed E-state index contributed by atoms with van der Waals surface area (Å²) < 4.78 is 65.7. The summed E-state index contributed by atoms with van der Waals surface area (Å²) >= 11 is 0. The van der Waals surface area contributed by atoms with Gasteiger partial charge in [0.1, 0.15) is 0 Å². The Labute approximate surface area is 151 Å². The quantitative estimate of drug-likeness (QED) is 0.545. The molecule has 1 aliphatic heterocycles. The smallest absolute Gasteiger partial charge is 0.293 e. The normalized spacial score (nSPS) is 18.7. The third kappa shape index (κ3) is 3.89. The van der Waals surface area contributed by atoms with Gasteiger partial charge >= 0.3 is 15.6 Å². The molecule has 0 atom stereocenters. The summed E-state index contributed by atoms with van der Waals surface area (Å²) in [7, 11) is -8.38. The van der Waals surface area contributed by atoms with Crippen molar-refractivity contribution in [2.45, 2.75) is 18.3 Å². The Morgan fingerprint density at radius 2 is 1.65 bits per heavy atom. The first-order chi connectivity index (χ1) is 12.1. The number of rotatable bonds is 5. The molecule has 0 aromatic heterocycles. The van der Waals surface area contributed by atoms with Gasteiger partial charge in [0.05, 0.1) is 5.75 Å². The van der Waals surface area contributed by atoms with E-state index in [1.165, 1.54) is 0 Å². The number of hydrogen-bond donors (Lipinski definition) is 0. The van der Waals surface area contributed by atoms with Crippen molar-refractivity contribution in [2.24, 2.45) is 0 Å². The van der Waals surface area contributed by atoms with Gasteiger partial charge in [-0.3, -0.25) is 4.79 Å². The summed E-state index contributed by atoms with van der Waals surface area (Å²) in [5.41, 5.74) is -5.14. The molecule has 142 valence electrons. The minimum atomic E-state index is -5.72. The minimum absolute atomic E-state index is 0.182. The molecular formula is C17H17F3O4S2. The van der Waals surface area contributed by atoms with Crippen LogP contribution in [-0.2, 0) is 13.7 Å². The van der Waals surface area contributed by atoms with Crippen molar-refractivity contribution in [2.75, 3.05) is 17.3 Å². The molecule has 0 unspecified atom stereocenters. The van der Waals surface area contributed by atoms with Gasteiger partial charge in [0.2, 0.25) is 0 Å². The molecule has 0 radical (unpaired) electrons. The van der Waals surface area contributed by atoms with Gasteiger partial charge in [-0.2, -0.15) is 21.6 Å². The molecule has 26 heavy (non-hydrogen) atoms. The minimum Gasteiger partial charge on any atom is -0.293 e. The van der Waals surface area contributed by atoms with Gasteiger partial charge in [-0.05, 0) is 29.7 Å². The highest BCUT2D eigenvalue weighted by molar-refractivity contribution is 8.33. The Hall–Kier alpha value is -1.58. The van der Waals surface area contributed by atoms with Crippen LogP contribution in [0.1, 0.15) is 23.2 Å². The van der Waals surface area contributed by atoms with Crippen LogP contribution < -0.4 is 0 Å². The van der Waals surface area contributed by atoms with Gasteiger partial charge in [0.25, 0.3) is 0 Å². The second-order valence-electron chi connectivity index (χ2n) is 6.18. The first kappa shape index (κ1) is 19.2. The number of alkyl halides is 3. The van der Waals surface area contributed by atoms with E-state index in [1.807, 2.05) is 24.3 Å². The van der Waals surface area contributed by atoms with E-state index in [2.05, 4.69) is 3.63 Å². The third-order valence-corrected chi connectivity index (χ3v) is 9.56. The van der Waals surface area contributed by atoms with Crippen LogP contribution in [0.5, 0.6) is 0 Å². The molecule has 0 amide bonds. The van der Waals surface area contributed by atoms with Gasteiger partial charge in [0.15, 0.2) is 5.78 Å². The number of carbonyl (C=O) groups excluding carboxylic acids is 1. The average Bonchev–Trinajstić information content (AvgIpc) is 3.00. The van der Waals surface area contributed by atoms with Crippen LogP contribution in [0.3, 0.4) is 0 Å². The van der Waals surface area contributed by atoms with Crippen LogP contribution in [0.15, 0.2) is 42.5 Å². The van der Waals surface area contributed by atoms with E-state index in [-0.39, 0.29) is 17.3 Å². The molecule has 1 aliphatic rings. The van der Waals surface area contributed by atoms with Crippen molar-refractivity contribution in [3.63, 3.8) is 0 Å². The van der Waals surface area contributed by atoms with Gasteiger partial charge < -0.3 is 0 Å². The SMILES string of the molecule is O=C(CS1(OS(=O)(=O)C(F)(F)F)CCCC1)c1ccc2ccccc2c1. The van der Waals surface area contributed by atoms with E-state index in [1.54, 1.807) is 18.2 Å². The molecular weight excluding hydrogens is 389 g/mol. The van der Waals surface area contributed by atoms with Crippen LogP contribution in [-0.4, -0.2) is 37.0 Å². The number of carbonyl (C=O) groups is 1. The van der Waals surface area contributed by atoms with Crippen LogP contribution in [0, 0.1) is 0 Å². The van der Waals surface area contributed by atoms with E-state index in [4.69, 9.17) is 0 Å². The molecule has 0 saturated carbocycles. The number of benzene rings is 2. The fourth-order valence-electron chi connectivity index (χ4n) is 2.98. The lowest BCUT2D eigenvalue weighted by atomic mass is 10.1. The Bertz CT molecular complexity index is 932. The first-order valence-electron chi connectivity index (χ1n) is 7.93. The molecule has 1 heterocycles. The second kappa shape index (κ2) is 6.86. The largest absolute Gasteiger partial charge is 0.523 e. The van der Waals surface area contributed by atoms with Crippen LogP contribution in [0.2, 0.25) is 0 Å². The predicted octanol–water partition coefficient (Wildman–Crippen LogP) is 4.40. The zero-order valence-corrected chi connectivity index (χ0v) is 15.3. The maximum atomic E-state index is 12.7. The van der Waals surface area contributed by atoms with Gasteiger partial charge in [-0.1, -0.05) is 36.4 Å². The number of fused-ring (bicyclic) bond motifs is 1. The monoisotopic (exact) mass is 406 g/mol. The van der Waals surface area contributed by atoms with Crippen LogP contribution in [0.25, 0.3) is 10.8 Å². The standard InChI is InChI=1S/C17H17F3O4S2/c18-17(19,20)26(22,23)24-25(9-3-4-10-25)12-16(21)15-8-7-13-5-1-2-6-14(13)11-15/h1-2,5-8,11H,3-4,9-10,12H2. The highest BCUT2D eigenvalue weighted by Crippen LogP contribution is 2.57. The van der Waals surface area contributed by atoms with E-state index < -0.39 is 31.7 Å². The lowest BCUT2D eigenvalue weighted by Gasteiger charge is -2.33. The van der Waals surface area contributed by atoms with E-state index >= 15 is 0 Å². The molecule has 1 fully saturated rings. The molecule has 0 aliphatic carbocycles. The molecule has 2 aromatic carbocycles. The van der Waals surface area contributed by atoms with Crippen molar-refractivity contribution in [3.8, 4) is 0 Å². The van der Waals surface area contributed by atoms with E-state index in [0.717, 1.165) is 10.8 Å². The second-order valence-corrected chi connectivity index (χ2v) is 11.1. The first-order valence-corrected chi connectivity index (χ1v) is 11.4. The highest BCUT2D eigenvalue weighted by atomic mass is 32.3. The summed E-state index contributed by atoms with van der Waals surface area (Å²) in [5, 5.41) is 1.76. The number of ketones is 1. The Kier molecular flexibility index (Phi) is 5.06. The molecule has 1 saturated heterocycles. The van der Waals surface area contributed by atoms with Crippen molar-refractivity contribution in [3.05, 3.63) is 48.0 Å². The summed E-state index contributed by atoms with van der Waals surface area (Å²) in [5.74, 6) is -0.353. The maximum Gasteiger partial charge on any atom is 0.523 e. The number of Topliss-reactive ketones (excluding diaryl/α,β-unsaturated/α-hetero) is 1. The maximum absolute atomic E-state index is 12.7. The molecule has 2 aromatic rings. The van der Waals surface area contributed by atoms with E-state index in [0.29, 0.717) is 18.4 Å². The topological polar surface area (TPSA) is 60.4 Å². The van der Waals surface area contributed by atoms with Gasteiger partial charge in [0, 0.05) is 17.1 Å². The van der Waals surface area contributed by atoms with Crippen LogP contribution >= 0.6 is 10.3 Å². The molecule has 9 heteroatoms. The van der Waals surface area contributed by atoms with Crippen molar-refractivity contribution in [1.29, 1.82) is 0 Å². The summed E-state index contributed by atoms with van der Waals surface area (Å²) in [4.78, 5) is 12.6. The molecule has 0 bridgehead atoms. The Morgan fingerprint density at radius 3 is 2.27 bits per heavy atom. The lowest BCUT2D eigenvalue weighted by Crippen LogP contribution is -2.30. The molecule has 0 spiro atoms. The van der Waals surface area contributed by atoms with Gasteiger partial charge in [-0.15, -0.1) is 10.3 Å². The Morgan fingerprint density at radius 1 is 1.04 bits per heavy atom. The summed E-state index contributed by atoms with van der Waals surface area (Å²) in [6, 6.07) is 12.4. The molecule has 3 rings (SSSR count). The third-order valence-electron chi connectivity index (χ3n) is 4.27. The van der Waals surface area contributed by atoms with Gasteiger partial charge in [-0.25, -0.2) is 3.63 Å². The highest BCUT2D eigenvalue weighted by Gasteiger charge is 2.51. The zero-order valence-electron chi connectivity index (χ0n) is 13.7.